The first-order chi connectivity index (χ1) is 7.04. The van der Waals surface area contributed by atoms with Crippen molar-refractivity contribution in [3.05, 3.63) is 29.1 Å². The van der Waals surface area contributed by atoms with Gasteiger partial charge in [0.05, 0.1) is 17.4 Å². The Morgan fingerprint density at radius 1 is 1.60 bits per heavy atom. The third kappa shape index (κ3) is 3.20. The molecule has 0 aromatic carbocycles. The van der Waals surface area contributed by atoms with Crippen LogP contribution in [0.3, 0.4) is 0 Å². The summed E-state index contributed by atoms with van der Waals surface area (Å²) >= 11 is 0. The fraction of sp³-hybridized carbons (Fsp3) is 0.583. The smallest absolute Gasteiger partial charge is 0.0680 e. The van der Waals surface area contributed by atoms with Crippen molar-refractivity contribution in [3.8, 4) is 0 Å². The second-order valence-corrected chi connectivity index (χ2v) is 4.11. The molecule has 1 N–H and O–H groups in total. The number of aromatic nitrogens is 2. The molecule has 0 aliphatic carbocycles. The van der Waals surface area contributed by atoms with Crippen LogP contribution < -0.4 is 5.32 Å². The van der Waals surface area contributed by atoms with Gasteiger partial charge < -0.3 is 5.32 Å². The lowest BCUT2D eigenvalue weighted by Crippen LogP contribution is -2.21. The molecule has 0 aliphatic heterocycles. The van der Waals surface area contributed by atoms with E-state index in [4.69, 9.17) is 0 Å². The molecule has 1 heterocycles. The molecule has 1 rings (SSSR count). The third-order valence-corrected chi connectivity index (χ3v) is 2.28. The van der Waals surface area contributed by atoms with Gasteiger partial charge in [0.25, 0.3) is 0 Å². The number of allylic oxidation sites excluding steroid dienone is 1. The lowest BCUT2D eigenvalue weighted by Gasteiger charge is -2.14. The zero-order chi connectivity index (χ0) is 11.4. The van der Waals surface area contributed by atoms with Gasteiger partial charge in [0.15, 0.2) is 0 Å². The van der Waals surface area contributed by atoms with Crippen LogP contribution in [0.2, 0.25) is 0 Å². The van der Waals surface area contributed by atoms with E-state index in [9.17, 15) is 0 Å². The lowest BCUT2D eigenvalue weighted by atomic mass is 10.1. The van der Waals surface area contributed by atoms with Crippen LogP contribution in [0.4, 0.5) is 0 Å². The summed E-state index contributed by atoms with van der Waals surface area (Å²) in [6.45, 7) is 9.34. The van der Waals surface area contributed by atoms with Gasteiger partial charge in [-0.1, -0.05) is 18.6 Å². The summed E-state index contributed by atoms with van der Waals surface area (Å²) < 4.78 is 1.95. The van der Waals surface area contributed by atoms with Crippen LogP contribution in [0.15, 0.2) is 17.7 Å². The van der Waals surface area contributed by atoms with Gasteiger partial charge in [0, 0.05) is 7.05 Å². The van der Waals surface area contributed by atoms with Gasteiger partial charge in [-0.25, -0.2) is 0 Å². The van der Waals surface area contributed by atoms with E-state index in [0.29, 0.717) is 0 Å². The molecule has 1 aromatic heterocycles. The van der Waals surface area contributed by atoms with Gasteiger partial charge in [-0.05, 0) is 33.4 Å². The summed E-state index contributed by atoms with van der Waals surface area (Å²) in [6, 6.07) is 2.40. The Morgan fingerprint density at radius 2 is 2.27 bits per heavy atom. The Kier molecular flexibility index (Phi) is 4.09. The molecular formula is C12H21N3. The van der Waals surface area contributed by atoms with E-state index in [1.165, 1.54) is 11.3 Å². The fourth-order valence-corrected chi connectivity index (χ4v) is 1.72. The molecule has 0 saturated heterocycles. The monoisotopic (exact) mass is 207 g/mol. The van der Waals surface area contributed by atoms with Crippen molar-refractivity contribution in [1.29, 1.82) is 0 Å². The molecule has 1 atom stereocenters. The highest BCUT2D eigenvalue weighted by Gasteiger charge is 2.11. The molecule has 0 radical (unpaired) electrons. The highest BCUT2D eigenvalue weighted by molar-refractivity contribution is 5.19. The summed E-state index contributed by atoms with van der Waals surface area (Å²) in [6.07, 6.45) is 2.24. The van der Waals surface area contributed by atoms with E-state index in [-0.39, 0.29) is 6.04 Å². The van der Waals surface area contributed by atoms with Crippen LogP contribution in [-0.4, -0.2) is 16.3 Å². The fourth-order valence-electron chi connectivity index (χ4n) is 1.72. The Balaban J connectivity index is 2.98. The molecule has 0 fully saturated rings. The van der Waals surface area contributed by atoms with E-state index in [2.05, 4.69) is 43.3 Å². The average molecular weight is 207 g/mol. The third-order valence-electron chi connectivity index (χ3n) is 2.28. The summed E-state index contributed by atoms with van der Waals surface area (Å²) in [7, 11) is 1.99. The molecule has 0 saturated carbocycles. The average Bonchev–Trinajstić information content (AvgIpc) is 2.44. The first-order valence-corrected chi connectivity index (χ1v) is 5.43. The van der Waals surface area contributed by atoms with Crippen molar-refractivity contribution in [2.45, 2.75) is 33.7 Å². The molecule has 1 unspecified atom stereocenters. The predicted molar refractivity (Wildman–Crippen MR) is 63.8 cm³/mol. The summed E-state index contributed by atoms with van der Waals surface area (Å²) in [5, 5.41) is 7.82. The summed E-state index contributed by atoms with van der Waals surface area (Å²) in [5.74, 6) is 0. The van der Waals surface area contributed by atoms with Crippen LogP contribution >= 0.6 is 0 Å². The maximum Gasteiger partial charge on any atom is 0.0680 e. The molecule has 84 valence electrons. The molecule has 0 spiro atoms. The molecule has 3 nitrogen and oxygen atoms in total. The molecule has 1 aromatic rings. The van der Waals surface area contributed by atoms with Crippen molar-refractivity contribution in [2.24, 2.45) is 7.05 Å². The Morgan fingerprint density at radius 3 is 2.67 bits per heavy atom. The number of likely N-dealkylation sites (N-methyl/N-ethyl adjacent to an activating group) is 1. The van der Waals surface area contributed by atoms with Crippen molar-refractivity contribution in [1.82, 2.24) is 15.1 Å². The zero-order valence-corrected chi connectivity index (χ0v) is 10.3. The SMILES string of the molecule is CCNC(C=C(C)C)c1cc(C)nn1C. The Bertz CT molecular complexity index is 346. The lowest BCUT2D eigenvalue weighted by molar-refractivity contribution is 0.582. The van der Waals surface area contributed by atoms with Crippen molar-refractivity contribution >= 4 is 0 Å². The second kappa shape index (κ2) is 5.12. The predicted octanol–water partition coefficient (Wildman–Crippen LogP) is 2.35. The molecule has 15 heavy (non-hydrogen) atoms. The van der Waals surface area contributed by atoms with Gasteiger partial charge in [0.1, 0.15) is 0 Å². The first kappa shape index (κ1) is 12.0. The van der Waals surface area contributed by atoms with E-state index in [1.54, 1.807) is 0 Å². The van der Waals surface area contributed by atoms with E-state index in [0.717, 1.165) is 12.2 Å². The standard InChI is InChI=1S/C12H21N3/c1-6-13-11(7-9(2)3)12-8-10(4)14-15(12)5/h7-8,11,13H,6H2,1-5H3. The molecule has 0 aliphatic rings. The van der Waals surface area contributed by atoms with E-state index in [1.807, 2.05) is 18.7 Å². The number of nitrogens with one attached hydrogen (secondary N) is 1. The van der Waals surface area contributed by atoms with Crippen LogP contribution in [-0.2, 0) is 7.05 Å². The number of nitrogens with zero attached hydrogens (tertiary/aromatic N) is 2. The number of hydrogen-bond donors (Lipinski definition) is 1. The molecular weight excluding hydrogens is 186 g/mol. The maximum absolute atomic E-state index is 4.37. The Labute approximate surface area is 92.2 Å². The van der Waals surface area contributed by atoms with Crippen molar-refractivity contribution < 1.29 is 0 Å². The molecule has 3 heteroatoms. The number of rotatable bonds is 4. The highest BCUT2D eigenvalue weighted by atomic mass is 15.3. The van der Waals surface area contributed by atoms with Crippen LogP contribution in [0.5, 0.6) is 0 Å². The minimum atomic E-state index is 0.270. The van der Waals surface area contributed by atoms with Gasteiger partial charge in [-0.15, -0.1) is 0 Å². The topological polar surface area (TPSA) is 29.9 Å². The highest BCUT2D eigenvalue weighted by Crippen LogP contribution is 2.16. The molecule has 0 bridgehead atoms. The normalized spacial score (nSPS) is 12.6. The van der Waals surface area contributed by atoms with E-state index < -0.39 is 0 Å². The Hall–Kier alpha value is -1.09. The quantitative estimate of drug-likeness (QED) is 0.768. The largest absolute Gasteiger partial charge is 0.306 e. The van der Waals surface area contributed by atoms with Crippen LogP contribution in [0.25, 0.3) is 0 Å². The summed E-state index contributed by atoms with van der Waals surface area (Å²) in [4.78, 5) is 0. The van der Waals surface area contributed by atoms with Gasteiger partial charge in [0.2, 0.25) is 0 Å². The number of aryl methyl sites for hydroxylation is 2. The van der Waals surface area contributed by atoms with Gasteiger partial charge in [-0.3, -0.25) is 4.68 Å². The van der Waals surface area contributed by atoms with Crippen LogP contribution in [0.1, 0.15) is 38.2 Å². The summed E-state index contributed by atoms with van der Waals surface area (Å²) in [5.41, 5.74) is 3.60. The van der Waals surface area contributed by atoms with Crippen molar-refractivity contribution in [2.75, 3.05) is 6.54 Å². The number of hydrogen-bond acceptors (Lipinski definition) is 2. The van der Waals surface area contributed by atoms with Gasteiger partial charge in [-0.2, -0.15) is 5.10 Å². The van der Waals surface area contributed by atoms with Gasteiger partial charge >= 0.3 is 0 Å². The zero-order valence-electron chi connectivity index (χ0n) is 10.3. The molecule has 0 amide bonds. The second-order valence-electron chi connectivity index (χ2n) is 4.11. The minimum absolute atomic E-state index is 0.270. The van der Waals surface area contributed by atoms with E-state index >= 15 is 0 Å². The van der Waals surface area contributed by atoms with Crippen molar-refractivity contribution in [3.63, 3.8) is 0 Å². The first-order valence-electron chi connectivity index (χ1n) is 5.43. The minimum Gasteiger partial charge on any atom is -0.306 e. The maximum atomic E-state index is 4.37. The van der Waals surface area contributed by atoms with Crippen LogP contribution in [0, 0.1) is 6.92 Å².